The van der Waals surface area contributed by atoms with Gasteiger partial charge in [-0.25, -0.2) is 4.39 Å². The van der Waals surface area contributed by atoms with Gasteiger partial charge in [0.2, 0.25) is 0 Å². The first-order valence-corrected chi connectivity index (χ1v) is 7.50. The highest BCUT2D eigenvalue weighted by atomic mass is 79.9. The van der Waals surface area contributed by atoms with Gasteiger partial charge in [0.05, 0.1) is 0 Å². The lowest BCUT2D eigenvalue weighted by molar-refractivity contribution is 0.527. The smallest absolute Gasteiger partial charge is 0.129 e. The molecule has 20 heavy (non-hydrogen) atoms. The summed E-state index contributed by atoms with van der Waals surface area (Å²) in [4.78, 5) is 4.44. The molecule has 0 aliphatic rings. The number of aromatic nitrogens is 1. The van der Waals surface area contributed by atoms with Crippen molar-refractivity contribution in [2.75, 3.05) is 7.05 Å². The molecule has 0 saturated carbocycles. The van der Waals surface area contributed by atoms with Gasteiger partial charge in [-0.3, -0.25) is 4.98 Å². The Labute approximate surface area is 127 Å². The van der Waals surface area contributed by atoms with E-state index in [9.17, 15) is 4.39 Å². The zero-order valence-corrected chi connectivity index (χ0v) is 13.2. The summed E-state index contributed by atoms with van der Waals surface area (Å²) in [5.41, 5.74) is 2.81. The minimum atomic E-state index is -0.205. The Kier molecular flexibility index (Phi) is 5.26. The monoisotopic (exact) mass is 336 g/mol. The van der Waals surface area contributed by atoms with Crippen molar-refractivity contribution in [1.82, 2.24) is 10.3 Å². The molecule has 4 heteroatoms. The first kappa shape index (κ1) is 15.1. The van der Waals surface area contributed by atoms with E-state index in [-0.39, 0.29) is 11.9 Å². The summed E-state index contributed by atoms with van der Waals surface area (Å²) in [7, 11) is 1.84. The van der Waals surface area contributed by atoms with Gasteiger partial charge in [0.15, 0.2) is 0 Å². The molecule has 0 aliphatic carbocycles. The molecule has 0 radical (unpaired) electrons. The first-order chi connectivity index (χ1) is 9.65. The Morgan fingerprint density at radius 3 is 2.65 bits per heavy atom. The van der Waals surface area contributed by atoms with Crippen LogP contribution in [0.4, 0.5) is 4.39 Å². The number of nitrogens with zero attached hydrogens (tertiary/aromatic N) is 1. The second kappa shape index (κ2) is 6.95. The van der Waals surface area contributed by atoms with Crippen molar-refractivity contribution < 1.29 is 4.39 Å². The highest BCUT2D eigenvalue weighted by Crippen LogP contribution is 2.28. The van der Waals surface area contributed by atoms with Crippen molar-refractivity contribution in [3.8, 4) is 0 Å². The molecule has 0 amide bonds. The molecule has 0 aliphatic heterocycles. The van der Waals surface area contributed by atoms with E-state index >= 15 is 0 Å². The zero-order valence-electron chi connectivity index (χ0n) is 11.7. The fourth-order valence-electron chi connectivity index (χ4n) is 2.19. The summed E-state index contributed by atoms with van der Waals surface area (Å²) in [6.07, 6.45) is 3.51. The number of rotatable bonds is 5. The number of aryl methyl sites for hydroxylation is 1. The Balaban J connectivity index is 2.24. The average molecular weight is 337 g/mol. The van der Waals surface area contributed by atoms with Crippen LogP contribution in [0.15, 0.2) is 41.0 Å². The van der Waals surface area contributed by atoms with E-state index in [2.05, 4.69) is 39.2 Å². The van der Waals surface area contributed by atoms with Crippen LogP contribution in [0.5, 0.6) is 0 Å². The van der Waals surface area contributed by atoms with Gasteiger partial charge in [-0.15, -0.1) is 0 Å². The Morgan fingerprint density at radius 2 is 2.10 bits per heavy atom. The maximum atomic E-state index is 14.0. The van der Waals surface area contributed by atoms with E-state index in [0.717, 1.165) is 16.6 Å². The molecule has 1 unspecified atom stereocenters. The fraction of sp³-hybridized carbons (Fsp3) is 0.312. The van der Waals surface area contributed by atoms with E-state index in [1.165, 1.54) is 11.6 Å². The summed E-state index contributed by atoms with van der Waals surface area (Å²) >= 11 is 3.42. The molecule has 2 aromatic rings. The van der Waals surface area contributed by atoms with Gasteiger partial charge in [0, 0.05) is 34.4 Å². The van der Waals surface area contributed by atoms with Crippen molar-refractivity contribution in [2.24, 2.45) is 0 Å². The Bertz CT molecular complexity index is 549. The van der Waals surface area contributed by atoms with Crippen LogP contribution in [0.25, 0.3) is 0 Å². The maximum Gasteiger partial charge on any atom is 0.129 e. The highest BCUT2D eigenvalue weighted by Gasteiger charge is 2.18. The molecule has 1 heterocycles. The number of hydrogen-bond acceptors (Lipinski definition) is 2. The summed E-state index contributed by atoms with van der Waals surface area (Å²) in [6.45, 7) is 2.10. The lowest BCUT2D eigenvalue weighted by Gasteiger charge is -2.18. The minimum absolute atomic E-state index is 0.106. The molecule has 1 aromatic carbocycles. The van der Waals surface area contributed by atoms with Gasteiger partial charge in [-0.2, -0.15) is 0 Å². The molecule has 1 atom stereocenters. The molecular formula is C16H18BrFN2. The Morgan fingerprint density at radius 1 is 1.30 bits per heavy atom. The summed E-state index contributed by atoms with van der Waals surface area (Å²) < 4.78 is 14.8. The van der Waals surface area contributed by atoms with Crippen LogP contribution in [0, 0.1) is 5.82 Å². The number of likely N-dealkylation sites (N-methyl/N-ethyl adjacent to an activating group) is 1. The zero-order chi connectivity index (χ0) is 14.5. The second-order valence-electron chi connectivity index (χ2n) is 4.69. The number of benzene rings is 1. The van der Waals surface area contributed by atoms with Gasteiger partial charge < -0.3 is 5.32 Å². The molecule has 0 fully saturated rings. The van der Waals surface area contributed by atoms with E-state index in [0.29, 0.717) is 12.0 Å². The molecule has 2 rings (SSSR count). The number of hydrogen-bond donors (Lipinski definition) is 1. The van der Waals surface area contributed by atoms with Gasteiger partial charge in [-0.05, 0) is 37.2 Å². The minimum Gasteiger partial charge on any atom is -0.313 e. The molecule has 106 valence electrons. The van der Waals surface area contributed by atoms with Crippen molar-refractivity contribution in [1.29, 1.82) is 0 Å². The Hall–Kier alpha value is -1.26. The molecule has 0 saturated heterocycles. The van der Waals surface area contributed by atoms with Crippen molar-refractivity contribution in [2.45, 2.75) is 25.8 Å². The first-order valence-electron chi connectivity index (χ1n) is 6.70. The average Bonchev–Trinajstić information content (AvgIpc) is 2.46. The van der Waals surface area contributed by atoms with Crippen LogP contribution < -0.4 is 5.32 Å². The normalized spacial score (nSPS) is 12.4. The third kappa shape index (κ3) is 3.44. The third-order valence-electron chi connectivity index (χ3n) is 3.40. The summed E-state index contributed by atoms with van der Waals surface area (Å²) in [5.74, 6) is -0.205. The molecule has 1 aromatic heterocycles. The molecular weight excluding hydrogens is 319 g/mol. The lowest BCUT2D eigenvalue weighted by Crippen LogP contribution is -2.21. The number of nitrogens with one attached hydrogen (secondary N) is 1. The van der Waals surface area contributed by atoms with Crippen molar-refractivity contribution in [3.63, 3.8) is 0 Å². The predicted molar refractivity (Wildman–Crippen MR) is 83.2 cm³/mol. The molecule has 0 bridgehead atoms. The molecule has 0 spiro atoms. The SMILES string of the molecule is CCc1ccc(CC(NC)c2c(F)cccc2Br)nc1. The lowest BCUT2D eigenvalue weighted by atomic mass is 10.0. The molecule has 2 nitrogen and oxygen atoms in total. The van der Waals surface area contributed by atoms with E-state index in [1.807, 2.05) is 25.4 Å². The van der Waals surface area contributed by atoms with Crippen LogP contribution in [0.2, 0.25) is 0 Å². The maximum absolute atomic E-state index is 14.0. The highest BCUT2D eigenvalue weighted by molar-refractivity contribution is 9.10. The number of pyridine rings is 1. The molecule has 1 N–H and O–H groups in total. The topological polar surface area (TPSA) is 24.9 Å². The van der Waals surface area contributed by atoms with Crippen molar-refractivity contribution >= 4 is 15.9 Å². The van der Waals surface area contributed by atoms with Crippen molar-refractivity contribution in [3.05, 3.63) is 63.6 Å². The van der Waals surface area contributed by atoms with Crippen LogP contribution in [0.1, 0.15) is 29.8 Å². The van der Waals surface area contributed by atoms with Gasteiger partial charge in [-0.1, -0.05) is 35.0 Å². The standard InChI is InChI=1S/C16H18BrFN2/c1-3-11-7-8-12(20-10-11)9-15(19-2)16-13(17)5-4-6-14(16)18/h4-8,10,15,19H,3,9H2,1-2H3. The van der Waals surface area contributed by atoms with Crippen LogP contribution >= 0.6 is 15.9 Å². The quantitative estimate of drug-likeness (QED) is 0.890. The van der Waals surface area contributed by atoms with Gasteiger partial charge in [0.25, 0.3) is 0 Å². The van der Waals surface area contributed by atoms with E-state index in [1.54, 1.807) is 6.07 Å². The van der Waals surface area contributed by atoms with Gasteiger partial charge >= 0.3 is 0 Å². The van der Waals surface area contributed by atoms with Crippen LogP contribution in [-0.4, -0.2) is 12.0 Å². The van der Waals surface area contributed by atoms with Crippen LogP contribution in [-0.2, 0) is 12.8 Å². The van der Waals surface area contributed by atoms with Crippen LogP contribution in [0.3, 0.4) is 0 Å². The van der Waals surface area contributed by atoms with E-state index < -0.39 is 0 Å². The van der Waals surface area contributed by atoms with E-state index in [4.69, 9.17) is 0 Å². The summed E-state index contributed by atoms with van der Waals surface area (Å²) in [6, 6.07) is 9.02. The summed E-state index contributed by atoms with van der Waals surface area (Å²) in [5, 5.41) is 3.17. The largest absolute Gasteiger partial charge is 0.313 e. The second-order valence-corrected chi connectivity index (χ2v) is 5.55. The van der Waals surface area contributed by atoms with Gasteiger partial charge in [0.1, 0.15) is 5.82 Å². The third-order valence-corrected chi connectivity index (χ3v) is 4.10. The fourth-order valence-corrected chi connectivity index (χ4v) is 2.80. The number of halogens is 2. The predicted octanol–water partition coefficient (Wildman–Crippen LogP) is 4.05.